The van der Waals surface area contributed by atoms with Gasteiger partial charge in [-0.2, -0.15) is 0 Å². The fourth-order valence-corrected chi connectivity index (χ4v) is 2.04. The Hall–Kier alpha value is -1.83. The van der Waals surface area contributed by atoms with E-state index in [1.807, 2.05) is 0 Å². The summed E-state index contributed by atoms with van der Waals surface area (Å²) in [5.74, 6) is -0.439. The third-order valence-electron chi connectivity index (χ3n) is 2.69. The van der Waals surface area contributed by atoms with Crippen LogP contribution in [-0.4, -0.2) is 45.2 Å². The molecule has 0 unspecified atom stereocenters. The van der Waals surface area contributed by atoms with Crippen LogP contribution in [-0.2, 0) is 14.6 Å². The molecule has 0 atom stereocenters. The highest BCUT2D eigenvalue weighted by Crippen LogP contribution is 2.24. The number of unbranched alkanes of at least 4 members (excludes halogenated alkanes) is 1. The van der Waals surface area contributed by atoms with Gasteiger partial charge >= 0.3 is 5.97 Å². The van der Waals surface area contributed by atoms with Crippen LogP contribution < -0.4 is 10.6 Å². The largest absolute Gasteiger partial charge is 0.465 e. The van der Waals surface area contributed by atoms with Gasteiger partial charge in [-0.05, 0) is 12.5 Å². The number of nitrogens with zero attached hydrogens (tertiary/aromatic N) is 1. The summed E-state index contributed by atoms with van der Waals surface area (Å²) in [5.41, 5.74) is 0.779. The smallest absolute Gasteiger partial charge is 0.340 e. The van der Waals surface area contributed by atoms with Gasteiger partial charge in [0.05, 0.1) is 18.4 Å². The molecule has 0 bridgehead atoms. The first-order valence-electron chi connectivity index (χ1n) is 6.61. The number of hydrogen-bond donors (Lipinski definition) is 2. The van der Waals surface area contributed by atoms with E-state index in [0.717, 1.165) is 19.1 Å². The molecule has 0 saturated carbocycles. The van der Waals surface area contributed by atoms with Crippen LogP contribution in [0.3, 0.4) is 0 Å². The topological polar surface area (TPSA) is 97.4 Å². The molecule has 0 aliphatic carbocycles. The number of carbonyl (C=O) groups is 1. The molecule has 21 heavy (non-hydrogen) atoms. The Morgan fingerprint density at radius 2 is 2.10 bits per heavy atom. The van der Waals surface area contributed by atoms with E-state index >= 15 is 0 Å². The molecular weight excluding hydrogens is 294 g/mol. The van der Waals surface area contributed by atoms with Gasteiger partial charge < -0.3 is 15.4 Å². The summed E-state index contributed by atoms with van der Waals surface area (Å²) in [6, 6.07) is 1.53. The number of aromatic nitrogens is 1. The van der Waals surface area contributed by atoms with Gasteiger partial charge in [0.2, 0.25) is 0 Å². The van der Waals surface area contributed by atoms with E-state index in [9.17, 15) is 13.2 Å². The number of esters is 1. The number of ether oxygens (including phenoxy) is 1. The Morgan fingerprint density at radius 3 is 2.67 bits per heavy atom. The molecule has 7 nitrogen and oxygen atoms in total. The van der Waals surface area contributed by atoms with Crippen LogP contribution in [0.4, 0.5) is 11.5 Å². The number of sulfone groups is 1. The van der Waals surface area contributed by atoms with E-state index < -0.39 is 15.8 Å². The first-order valence-corrected chi connectivity index (χ1v) is 8.68. The second-order valence-electron chi connectivity index (χ2n) is 4.60. The second-order valence-corrected chi connectivity index (χ2v) is 6.74. The van der Waals surface area contributed by atoms with Gasteiger partial charge in [-0.1, -0.05) is 13.3 Å². The number of carbonyl (C=O) groups excluding carboxylic acids is 1. The second kappa shape index (κ2) is 7.82. The average Bonchev–Trinajstić information content (AvgIpc) is 2.44. The van der Waals surface area contributed by atoms with Crippen molar-refractivity contribution >= 4 is 27.3 Å². The molecule has 8 heteroatoms. The summed E-state index contributed by atoms with van der Waals surface area (Å²) in [6.45, 7) is 2.70. The molecule has 1 aromatic heterocycles. The zero-order valence-electron chi connectivity index (χ0n) is 12.5. The highest BCUT2D eigenvalue weighted by molar-refractivity contribution is 7.90. The van der Waals surface area contributed by atoms with Gasteiger partial charge in [-0.25, -0.2) is 18.2 Å². The predicted octanol–water partition coefficient (Wildman–Crippen LogP) is 1.49. The lowest BCUT2D eigenvalue weighted by atomic mass is 10.2. The van der Waals surface area contributed by atoms with Crippen LogP contribution in [0.15, 0.2) is 12.3 Å². The van der Waals surface area contributed by atoms with Crippen molar-refractivity contribution in [2.45, 2.75) is 19.8 Å². The average molecular weight is 315 g/mol. The standard InChI is InChI=1S/C13H21N3O4S/c1-4-5-7-14-11-10(13(17)20-2)6-8-15-12(11)16-9-21(3,18)19/h6,8,14H,4-5,7,9H2,1-3H3,(H,15,16). The van der Waals surface area contributed by atoms with Crippen molar-refractivity contribution in [1.82, 2.24) is 4.98 Å². The number of rotatable bonds is 8. The van der Waals surface area contributed by atoms with Crippen molar-refractivity contribution in [3.05, 3.63) is 17.8 Å². The Morgan fingerprint density at radius 1 is 1.38 bits per heavy atom. The van der Waals surface area contributed by atoms with E-state index in [0.29, 0.717) is 23.6 Å². The zero-order chi connectivity index (χ0) is 15.9. The third-order valence-corrected chi connectivity index (χ3v) is 3.36. The van der Waals surface area contributed by atoms with Gasteiger partial charge in [0, 0.05) is 19.0 Å². The number of hydrogen-bond acceptors (Lipinski definition) is 7. The molecular formula is C13H21N3O4S. The third kappa shape index (κ3) is 5.58. The van der Waals surface area contributed by atoms with E-state index in [4.69, 9.17) is 4.74 Å². The van der Waals surface area contributed by atoms with Crippen molar-refractivity contribution in [2.75, 3.05) is 36.4 Å². The van der Waals surface area contributed by atoms with Crippen molar-refractivity contribution < 1.29 is 17.9 Å². The Kier molecular flexibility index (Phi) is 6.41. The van der Waals surface area contributed by atoms with Gasteiger partial charge in [0.1, 0.15) is 5.88 Å². The summed E-state index contributed by atoms with van der Waals surface area (Å²) in [4.78, 5) is 15.9. The Bertz CT molecular complexity index is 587. The van der Waals surface area contributed by atoms with Crippen LogP contribution in [0.5, 0.6) is 0 Å². The SMILES string of the molecule is CCCCNc1c(C(=O)OC)ccnc1NCS(C)(=O)=O. The summed E-state index contributed by atoms with van der Waals surface area (Å²) in [5, 5.41) is 5.84. The lowest BCUT2D eigenvalue weighted by molar-refractivity contribution is 0.0601. The number of nitrogens with one attached hydrogen (secondary N) is 2. The van der Waals surface area contributed by atoms with E-state index in [2.05, 4.69) is 22.5 Å². The maximum Gasteiger partial charge on any atom is 0.340 e. The minimum absolute atomic E-state index is 0.257. The Labute approximate surface area is 125 Å². The Balaban J connectivity index is 3.06. The first-order chi connectivity index (χ1) is 9.89. The molecule has 2 N–H and O–H groups in total. The molecule has 1 aromatic rings. The van der Waals surface area contributed by atoms with Crippen LogP contribution in [0.25, 0.3) is 0 Å². The number of pyridine rings is 1. The van der Waals surface area contributed by atoms with Crippen molar-refractivity contribution in [2.24, 2.45) is 0 Å². The molecule has 0 fully saturated rings. The van der Waals surface area contributed by atoms with Gasteiger partial charge in [-0.15, -0.1) is 0 Å². The molecule has 0 saturated heterocycles. The van der Waals surface area contributed by atoms with Crippen molar-refractivity contribution in [1.29, 1.82) is 0 Å². The van der Waals surface area contributed by atoms with Gasteiger partial charge in [0.15, 0.2) is 15.7 Å². The molecule has 0 aliphatic heterocycles. The van der Waals surface area contributed by atoms with Crippen molar-refractivity contribution in [3.8, 4) is 0 Å². The van der Waals surface area contributed by atoms with Crippen molar-refractivity contribution in [3.63, 3.8) is 0 Å². The highest BCUT2D eigenvalue weighted by atomic mass is 32.2. The molecule has 0 radical (unpaired) electrons. The summed E-state index contributed by atoms with van der Waals surface area (Å²) >= 11 is 0. The fraction of sp³-hybridized carbons (Fsp3) is 0.538. The van der Waals surface area contributed by atoms with Crippen LogP contribution in [0, 0.1) is 0 Å². The molecule has 0 amide bonds. The monoisotopic (exact) mass is 315 g/mol. The predicted molar refractivity (Wildman–Crippen MR) is 82.3 cm³/mol. The van der Waals surface area contributed by atoms with Crippen LogP contribution in [0.1, 0.15) is 30.1 Å². The molecule has 0 spiro atoms. The molecule has 1 heterocycles. The van der Waals surface area contributed by atoms with Crippen LogP contribution >= 0.6 is 0 Å². The lowest BCUT2D eigenvalue weighted by Gasteiger charge is -2.15. The van der Waals surface area contributed by atoms with Gasteiger partial charge in [-0.3, -0.25) is 0 Å². The fourth-order valence-electron chi connectivity index (χ4n) is 1.64. The first kappa shape index (κ1) is 17.2. The minimum Gasteiger partial charge on any atom is -0.465 e. The molecule has 1 rings (SSSR count). The summed E-state index contributed by atoms with van der Waals surface area (Å²) in [6.07, 6.45) is 4.46. The van der Waals surface area contributed by atoms with Gasteiger partial charge in [0.25, 0.3) is 0 Å². The number of anilines is 2. The van der Waals surface area contributed by atoms with E-state index in [-0.39, 0.29) is 5.88 Å². The normalized spacial score (nSPS) is 11.0. The zero-order valence-corrected chi connectivity index (χ0v) is 13.3. The maximum absolute atomic E-state index is 11.8. The maximum atomic E-state index is 11.8. The number of methoxy groups -OCH3 is 1. The van der Waals surface area contributed by atoms with E-state index in [1.54, 1.807) is 0 Å². The molecule has 0 aliphatic rings. The summed E-state index contributed by atoms with van der Waals surface area (Å²) < 4.78 is 27.2. The highest BCUT2D eigenvalue weighted by Gasteiger charge is 2.17. The quantitative estimate of drug-likeness (QED) is 0.554. The minimum atomic E-state index is -3.20. The van der Waals surface area contributed by atoms with Crippen LogP contribution in [0.2, 0.25) is 0 Å². The lowest BCUT2D eigenvalue weighted by Crippen LogP contribution is -2.17. The molecule has 118 valence electrons. The van der Waals surface area contributed by atoms with E-state index in [1.165, 1.54) is 19.4 Å². The molecule has 0 aromatic carbocycles. The summed E-state index contributed by atoms with van der Waals surface area (Å²) in [7, 11) is -1.90.